The maximum atomic E-state index is 14.3. The molecule has 0 saturated carbocycles. The Kier molecular flexibility index (Phi) is 6.31. The molecule has 1 saturated heterocycles. The molecule has 3 aromatic rings. The van der Waals surface area contributed by atoms with Gasteiger partial charge in [-0.25, -0.2) is 9.37 Å². The zero-order chi connectivity index (χ0) is 22.8. The molecule has 0 unspecified atom stereocenters. The summed E-state index contributed by atoms with van der Waals surface area (Å²) in [7, 11) is 0. The summed E-state index contributed by atoms with van der Waals surface area (Å²) in [5.74, 6) is -1.24. The number of carbonyl (C=O) groups is 2. The molecule has 6 nitrogen and oxygen atoms in total. The predicted molar refractivity (Wildman–Crippen MR) is 127 cm³/mol. The van der Waals surface area contributed by atoms with E-state index >= 15 is 0 Å². The Balaban J connectivity index is 1.58. The number of anilines is 2. The van der Waals surface area contributed by atoms with Crippen molar-refractivity contribution in [3.63, 3.8) is 0 Å². The number of carbonyl (C=O) groups excluding carboxylic acids is 2. The van der Waals surface area contributed by atoms with Crippen LogP contribution in [0.25, 0.3) is 6.08 Å². The lowest BCUT2D eigenvalue weighted by atomic mass is 10.2. The average molecular weight is 487 g/mol. The first-order chi connectivity index (χ1) is 15.3. The van der Waals surface area contributed by atoms with Gasteiger partial charge in [0.2, 0.25) is 5.91 Å². The molecule has 0 aliphatic carbocycles. The van der Waals surface area contributed by atoms with E-state index in [4.69, 9.17) is 23.8 Å². The molecule has 0 spiro atoms. The van der Waals surface area contributed by atoms with Crippen LogP contribution in [0.1, 0.15) is 18.2 Å². The summed E-state index contributed by atoms with van der Waals surface area (Å²) in [6, 6.07) is 13.2. The number of halogens is 2. The quantitative estimate of drug-likeness (QED) is 0.411. The Bertz CT molecular complexity index is 1260. The number of aromatic nitrogens is 1. The number of amides is 2. The van der Waals surface area contributed by atoms with E-state index in [0.717, 1.165) is 16.9 Å². The van der Waals surface area contributed by atoms with Gasteiger partial charge in [-0.05, 0) is 42.1 Å². The molecule has 0 bridgehead atoms. The van der Waals surface area contributed by atoms with E-state index in [1.54, 1.807) is 29.7 Å². The lowest BCUT2D eigenvalue weighted by Crippen LogP contribution is -2.30. The highest BCUT2D eigenvalue weighted by molar-refractivity contribution is 7.80. The van der Waals surface area contributed by atoms with Gasteiger partial charge in [0.05, 0.1) is 17.9 Å². The van der Waals surface area contributed by atoms with Crippen molar-refractivity contribution >= 4 is 69.0 Å². The minimum atomic E-state index is -0.536. The van der Waals surface area contributed by atoms with Crippen molar-refractivity contribution in [2.45, 2.75) is 13.5 Å². The molecule has 1 fully saturated rings. The van der Waals surface area contributed by atoms with Gasteiger partial charge >= 0.3 is 0 Å². The monoisotopic (exact) mass is 486 g/mol. The predicted octanol–water partition coefficient (Wildman–Crippen LogP) is 4.88. The van der Waals surface area contributed by atoms with Crippen molar-refractivity contribution in [1.82, 2.24) is 15.2 Å². The lowest BCUT2D eigenvalue weighted by Gasteiger charge is -2.18. The molecule has 162 valence electrons. The fraction of sp³-hybridized carbons (Fsp3) is 0.0909. The van der Waals surface area contributed by atoms with E-state index < -0.39 is 5.82 Å². The fourth-order valence-electron chi connectivity index (χ4n) is 3.15. The van der Waals surface area contributed by atoms with Gasteiger partial charge in [-0.3, -0.25) is 19.4 Å². The second-order valence-corrected chi connectivity index (χ2v) is 8.46. The van der Waals surface area contributed by atoms with Gasteiger partial charge in [0, 0.05) is 17.3 Å². The van der Waals surface area contributed by atoms with Gasteiger partial charge in [0.25, 0.3) is 5.91 Å². The summed E-state index contributed by atoms with van der Waals surface area (Å²) >= 11 is 12.7. The third-order valence-corrected chi connectivity index (χ3v) is 6.19. The molecule has 1 aromatic heterocycles. The van der Waals surface area contributed by atoms with Crippen LogP contribution in [0.15, 0.2) is 59.6 Å². The van der Waals surface area contributed by atoms with Crippen molar-refractivity contribution in [2.75, 3.05) is 4.90 Å². The molecule has 1 aliphatic heterocycles. The smallest absolute Gasteiger partial charge is 0.276 e. The van der Waals surface area contributed by atoms with E-state index in [0.29, 0.717) is 10.7 Å². The molecule has 1 N–H and O–H groups in total. The first-order valence-electron chi connectivity index (χ1n) is 9.44. The number of rotatable bonds is 5. The lowest BCUT2D eigenvalue weighted by molar-refractivity contribution is -0.122. The molecule has 2 amide bonds. The van der Waals surface area contributed by atoms with Gasteiger partial charge in [-0.15, -0.1) is 11.3 Å². The second kappa shape index (κ2) is 9.15. The average Bonchev–Trinajstić information content (AvgIpc) is 3.31. The van der Waals surface area contributed by atoms with Crippen molar-refractivity contribution in [3.8, 4) is 0 Å². The molecule has 0 radical (unpaired) electrons. The van der Waals surface area contributed by atoms with Crippen LogP contribution < -0.4 is 10.2 Å². The SMILES string of the molecule is CC(=O)N(c1nc(/C=C2\NC(=S)N(Cc3ccccc3Cl)C2=O)cs1)c1ccccc1F. The minimum Gasteiger partial charge on any atom is -0.328 e. The standard InChI is InChI=1S/C22H16ClFN4O2S2/c1-13(29)28(19-9-5-4-8-17(19)24)22-25-15(12-32-22)10-18-20(30)27(21(31)26-18)11-14-6-2-3-7-16(14)23/h2-10,12H,11H2,1H3,(H,26,31)/b18-10-. The van der Waals surface area contributed by atoms with Crippen molar-refractivity contribution in [3.05, 3.63) is 81.7 Å². The number of para-hydroxylation sites is 1. The molecule has 2 aromatic carbocycles. The second-order valence-electron chi connectivity index (χ2n) is 6.83. The molecular formula is C22H16ClFN4O2S2. The Morgan fingerprint density at radius 1 is 1.28 bits per heavy atom. The Hall–Kier alpha value is -3.14. The van der Waals surface area contributed by atoms with Crippen LogP contribution in [-0.2, 0) is 16.1 Å². The minimum absolute atomic E-state index is 0.107. The normalized spacial score (nSPS) is 14.7. The first-order valence-corrected chi connectivity index (χ1v) is 11.1. The fourth-order valence-corrected chi connectivity index (χ4v) is 4.44. The highest BCUT2D eigenvalue weighted by Crippen LogP contribution is 2.31. The van der Waals surface area contributed by atoms with Crippen LogP contribution in [0.5, 0.6) is 0 Å². The van der Waals surface area contributed by atoms with Crippen LogP contribution in [0.4, 0.5) is 15.2 Å². The third-order valence-electron chi connectivity index (χ3n) is 4.65. The molecular weight excluding hydrogens is 471 g/mol. The van der Waals surface area contributed by atoms with Crippen LogP contribution in [0.2, 0.25) is 5.02 Å². The summed E-state index contributed by atoms with van der Waals surface area (Å²) < 4.78 is 14.3. The number of thiocarbonyl (C=S) groups is 1. The van der Waals surface area contributed by atoms with E-state index in [1.165, 1.54) is 28.9 Å². The van der Waals surface area contributed by atoms with Gasteiger partial charge in [0.15, 0.2) is 10.2 Å². The molecule has 0 atom stereocenters. The molecule has 2 heterocycles. The largest absolute Gasteiger partial charge is 0.328 e. The summed E-state index contributed by atoms with van der Waals surface area (Å²) in [5.41, 5.74) is 1.56. The van der Waals surface area contributed by atoms with Crippen molar-refractivity contribution in [2.24, 2.45) is 0 Å². The van der Waals surface area contributed by atoms with Gasteiger partial charge in [0.1, 0.15) is 11.5 Å². The topological polar surface area (TPSA) is 65.5 Å². The van der Waals surface area contributed by atoms with Crippen LogP contribution in [0.3, 0.4) is 0 Å². The van der Waals surface area contributed by atoms with Crippen LogP contribution in [-0.4, -0.2) is 26.8 Å². The summed E-state index contributed by atoms with van der Waals surface area (Å²) in [6.45, 7) is 1.56. The molecule has 32 heavy (non-hydrogen) atoms. The first kappa shape index (κ1) is 22.1. The van der Waals surface area contributed by atoms with E-state index in [9.17, 15) is 14.0 Å². The number of thiazole rings is 1. The van der Waals surface area contributed by atoms with Crippen molar-refractivity contribution < 1.29 is 14.0 Å². The van der Waals surface area contributed by atoms with E-state index in [-0.39, 0.29) is 40.0 Å². The highest BCUT2D eigenvalue weighted by Gasteiger charge is 2.31. The van der Waals surface area contributed by atoms with Crippen molar-refractivity contribution in [1.29, 1.82) is 0 Å². The van der Waals surface area contributed by atoms with Gasteiger partial charge in [-0.1, -0.05) is 41.9 Å². The number of nitrogens with zero attached hydrogens (tertiary/aromatic N) is 3. The van der Waals surface area contributed by atoms with E-state index in [1.807, 2.05) is 18.2 Å². The number of benzene rings is 2. The molecule has 4 rings (SSSR count). The summed E-state index contributed by atoms with van der Waals surface area (Å²) in [4.78, 5) is 32.1. The zero-order valence-electron chi connectivity index (χ0n) is 16.7. The third kappa shape index (κ3) is 4.40. The molecule has 10 heteroatoms. The Morgan fingerprint density at radius 2 is 2.00 bits per heavy atom. The van der Waals surface area contributed by atoms with Crippen LogP contribution in [0, 0.1) is 5.82 Å². The number of hydrogen-bond acceptors (Lipinski definition) is 5. The summed E-state index contributed by atoms with van der Waals surface area (Å²) in [6.07, 6.45) is 1.54. The maximum Gasteiger partial charge on any atom is 0.276 e. The zero-order valence-corrected chi connectivity index (χ0v) is 19.1. The van der Waals surface area contributed by atoms with Gasteiger partial charge in [-0.2, -0.15) is 0 Å². The number of hydrogen-bond donors (Lipinski definition) is 1. The maximum absolute atomic E-state index is 14.3. The molecule has 1 aliphatic rings. The highest BCUT2D eigenvalue weighted by atomic mass is 35.5. The van der Waals surface area contributed by atoms with Crippen LogP contribution >= 0.6 is 35.2 Å². The Labute approximate surface area is 197 Å². The van der Waals surface area contributed by atoms with E-state index in [2.05, 4.69) is 10.3 Å². The summed E-state index contributed by atoms with van der Waals surface area (Å²) in [5, 5.41) is 5.66. The number of nitrogens with one attached hydrogen (secondary N) is 1. The van der Waals surface area contributed by atoms with Gasteiger partial charge < -0.3 is 5.32 Å². The Morgan fingerprint density at radius 3 is 2.72 bits per heavy atom.